The SMILES string of the molecule is CCC(C)COc1ccc(OC(=O)c2ccc(OC)cc2)cc1. The highest BCUT2D eigenvalue weighted by Crippen LogP contribution is 2.20. The van der Waals surface area contributed by atoms with E-state index >= 15 is 0 Å². The zero-order chi connectivity index (χ0) is 16.7. The Morgan fingerprint density at radius 3 is 2.09 bits per heavy atom. The van der Waals surface area contributed by atoms with Crippen molar-refractivity contribution < 1.29 is 19.0 Å². The second-order valence-electron chi connectivity index (χ2n) is 5.41. The highest BCUT2D eigenvalue weighted by molar-refractivity contribution is 5.91. The van der Waals surface area contributed by atoms with Gasteiger partial charge in [0.05, 0.1) is 19.3 Å². The number of ether oxygens (including phenoxy) is 3. The van der Waals surface area contributed by atoms with Crippen molar-refractivity contribution in [2.45, 2.75) is 20.3 Å². The summed E-state index contributed by atoms with van der Waals surface area (Å²) < 4.78 is 16.1. The molecule has 4 nitrogen and oxygen atoms in total. The van der Waals surface area contributed by atoms with Gasteiger partial charge in [0.1, 0.15) is 17.2 Å². The van der Waals surface area contributed by atoms with Crippen LogP contribution in [0.25, 0.3) is 0 Å². The molecule has 1 unspecified atom stereocenters. The van der Waals surface area contributed by atoms with E-state index in [2.05, 4.69) is 13.8 Å². The number of esters is 1. The van der Waals surface area contributed by atoms with Gasteiger partial charge in [-0.15, -0.1) is 0 Å². The second kappa shape index (κ2) is 8.22. The lowest BCUT2D eigenvalue weighted by Gasteiger charge is -2.11. The van der Waals surface area contributed by atoms with Gasteiger partial charge in [-0.25, -0.2) is 4.79 Å². The van der Waals surface area contributed by atoms with Crippen LogP contribution in [-0.2, 0) is 0 Å². The molecule has 0 bridgehead atoms. The normalized spacial score (nSPS) is 11.6. The molecule has 0 radical (unpaired) electrons. The number of rotatable bonds is 7. The lowest BCUT2D eigenvalue weighted by molar-refractivity contribution is 0.0734. The third-order valence-electron chi connectivity index (χ3n) is 3.59. The van der Waals surface area contributed by atoms with E-state index in [1.54, 1.807) is 55.6 Å². The van der Waals surface area contributed by atoms with Gasteiger partial charge in [-0.2, -0.15) is 0 Å². The smallest absolute Gasteiger partial charge is 0.343 e. The first-order valence-corrected chi connectivity index (χ1v) is 7.71. The van der Waals surface area contributed by atoms with Crippen molar-refractivity contribution in [3.8, 4) is 17.2 Å². The fourth-order valence-corrected chi connectivity index (χ4v) is 1.85. The van der Waals surface area contributed by atoms with Crippen molar-refractivity contribution >= 4 is 5.97 Å². The number of hydrogen-bond donors (Lipinski definition) is 0. The molecule has 0 saturated carbocycles. The van der Waals surface area contributed by atoms with E-state index in [1.807, 2.05) is 0 Å². The molecular formula is C19H22O4. The summed E-state index contributed by atoms with van der Waals surface area (Å²) in [6.07, 6.45) is 1.08. The fraction of sp³-hybridized carbons (Fsp3) is 0.316. The van der Waals surface area contributed by atoms with Crippen LogP contribution in [0.1, 0.15) is 30.6 Å². The average molecular weight is 314 g/mol. The van der Waals surface area contributed by atoms with Gasteiger partial charge in [-0.1, -0.05) is 20.3 Å². The zero-order valence-electron chi connectivity index (χ0n) is 13.7. The van der Waals surface area contributed by atoms with Crippen molar-refractivity contribution in [1.82, 2.24) is 0 Å². The van der Waals surface area contributed by atoms with Crippen molar-refractivity contribution in [3.05, 3.63) is 54.1 Å². The molecule has 23 heavy (non-hydrogen) atoms. The standard InChI is InChI=1S/C19H22O4/c1-4-14(2)13-22-17-9-11-18(12-10-17)23-19(20)15-5-7-16(21-3)8-6-15/h5-12,14H,4,13H2,1-3H3. The average Bonchev–Trinajstić information content (AvgIpc) is 2.60. The van der Waals surface area contributed by atoms with E-state index in [9.17, 15) is 4.79 Å². The van der Waals surface area contributed by atoms with Gasteiger partial charge < -0.3 is 14.2 Å². The van der Waals surface area contributed by atoms with Gasteiger partial charge in [0.15, 0.2) is 0 Å². The fourth-order valence-electron chi connectivity index (χ4n) is 1.85. The number of benzene rings is 2. The van der Waals surface area contributed by atoms with Gasteiger partial charge in [0.25, 0.3) is 0 Å². The van der Waals surface area contributed by atoms with E-state index in [4.69, 9.17) is 14.2 Å². The van der Waals surface area contributed by atoms with Crippen LogP contribution >= 0.6 is 0 Å². The minimum Gasteiger partial charge on any atom is -0.497 e. The summed E-state index contributed by atoms with van der Waals surface area (Å²) in [4.78, 5) is 12.1. The summed E-state index contributed by atoms with van der Waals surface area (Å²) in [6, 6.07) is 13.9. The Kier molecular flexibility index (Phi) is 6.03. The summed E-state index contributed by atoms with van der Waals surface area (Å²) in [6.45, 7) is 4.96. The number of methoxy groups -OCH3 is 1. The molecule has 122 valence electrons. The first kappa shape index (κ1) is 16.9. The predicted octanol–water partition coefficient (Wildman–Crippen LogP) is 4.34. The molecule has 0 fully saturated rings. The first-order chi connectivity index (χ1) is 11.1. The van der Waals surface area contributed by atoms with Crippen molar-refractivity contribution in [2.75, 3.05) is 13.7 Å². The van der Waals surface area contributed by atoms with Gasteiger partial charge >= 0.3 is 5.97 Å². The van der Waals surface area contributed by atoms with Gasteiger partial charge in [0, 0.05) is 0 Å². The Bertz CT molecular complexity index is 617. The Morgan fingerprint density at radius 2 is 1.52 bits per heavy atom. The Hall–Kier alpha value is -2.49. The first-order valence-electron chi connectivity index (χ1n) is 7.71. The summed E-state index contributed by atoms with van der Waals surface area (Å²) in [5.41, 5.74) is 0.475. The van der Waals surface area contributed by atoms with E-state index in [0.29, 0.717) is 29.6 Å². The molecule has 0 aliphatic heterocycles. The van der Waals surface area contributed by atoms with Crippen LogP contribution in [0.2, 0.25) is 0 Å². The molecule has 0 aliphatic rings. The molecule has 1 atom stereocenters. The highest BCUT2D eigenvalue weighted by atomic mass is 16.5. The van der Waals surface area contributed by atoms with Crippen LogP contribution in [0, 0.1) is 5.92 Å². The van der Waals surface area contributed by atoms with E-state index in [-0.39, 0.29) is 0 Å². The molecule has 4 heteroatoms. The largest absolute Gasteiger partial charge is 0.497 e. The van der Waals surface area contributed by atoms with Crippen molar-refractivity contribution in [1.29, 1.82) is 0 Å². The molecule has 0 saturated heterocycles. The molecule has 0 aliphatic carbocycles. The van der Waals surface area contributed by atoms with Gasteiger partial charge in [0.2, 0.25) is 0 Å². The maximum atomic E-state index is 12.1. The molecule has 2 aromatic rings. The van der Waals surface area contributed by atoms with E-state index < -0.39 is 5.97 Å². The topological polar surface area (TPSA) is 44.8 Å². The zero-order valence-corrected chi connectivity index (χ0v) is 13.7. The molecule has 0 aromatic heterocycles. The monoisotopic (exact) mass is 314 g/mol. The third-order valence-corrected chi connectivity index (χ3v) is 3.59. The Morgan fingerprint density at radius 1 is 0.957 bits per heavy atom. The molecule has 2 rings (SSSR count). The van der Waals surface area contributed by atoms with Crippen molar-refractivity contribution in [3.63, 3.8) is 0 Å². The number of carbonyl (C=O) groups excluding carboxylic acids is 1. The quantitative estimate of drug-likeness (QED) is 0.563. The Balaban J connectivity index is 1.93. The predicted molar refractivity (Wildman–Crippen MR) is 89.3 cm³/mol. The lowest BCUT2D eigenvalue weighted by atomic mass is 10.1. The summed E-state index contributed by atoms with van der Waals surface area (Å²) in [5.74, 6) is 2.07. The van der Waals surface area contributed by atoms with Crippen LogP contribution in [-0.4, -0.2) is 19.7 Å². The van der Waals surface area contributed by atoms with Crippen LogP contribution < -0.4 is 14.2 Å². The number of hydrogen-bond acceptors (Lipinski definition) is 4. The van der Waals surface area contributed by atoms with Crippen LogP contribution in [0.3, 0.4) is 0 Å². The molecule has 0 heterocycles. The third kappa shape index (κ3) is 5.02. The Labute approximate surface area is 137 Å². The number of carbonyl (C=O) groups is 1. The second-order valence-corrected chi connectivity index (χ2v) is 5.41. The molecule has 2 aromatic carbocycles. The molecular weight excluding hydrogens is 292 g/mol. The minimum atomic E-state index is -0.402. The molecule has 0 spiro atoms. The van der Waals surface area contributed by atoms with E-state index in [0.717, 1.165) is 12.2 Å². The summed E-state index contributed by atoms with van der Waals surface area (Å²) in [5, 5.41) is 0. The van der Waals surface area contributed by atoms with Crippen LogP contribution in [0.5, 0.6) is 17.2 Å². The van der Waals surface area contributed by atoms with Gasteiger partial charge in [-0.3, -0.25) is 0 Å². The minimum absolute atomic E-state index is 0.402. The summed E-state index contributed by atoms with van der Waals surface area (Å²) >= 11 is 0. The maximum absolute atomic E-state index is 12.1. The lowest BCUT2D eigenvalue weighted by Crippen LogP contribution is -2.09. The van der Waals surface area contributed by atoms with Gasteiger partial charge in [-0.05, 0) is 54.4 Å². The molecule has 0 N–H and O–H groups in total. The summed E-state index contributed by atoms with van der Waals surface area (Å²) in [7, 11) is 1.58. The highest BCUT2D eigenvalue weighted by Gasteiger charge is 2.09. The maximum Gasteiger partial charge on any atom is 0.343 e. The molecule has 0 amide bonds. The van der Waals surface area contributed by atoms with E-state index in [1.165, 1.54) is 0 Å². The van der Waals surface area contributed by atoms with Crippen molar-refractivity contribution in [2.24, 2.45) is 5.92 Å². The van der Waals surface area contributed by atoms with Crippen LogP contribution in [0.4, 0.5) is 0 Å². The van der Waals surface area contributed by atoms with Crippen LogP contribution in [0.15, 0.2) is 48.5 Å².